The fraction of sp³-hybridized carbons (Fsp3) is 1.00. The highest BCUT2D eigenvalue weighted by atomic mass is 35.5. The lowest BCUT2D eigenvalue weighted by atomic mass is 10.3. The van der Waals surface area contributed by atoms with Gasteiger partial charge in [-0.25, -0.2) is 0 Å². The first-order valence-electron chi connectivity index (χ1n) is 7.82. The summed E-state index contributed by atoms with van der Waals surface area (Å²) in [7, 11) is 8.30. The summed E-state index contributed by atoms with van der Waals surface area (Å²) in [5.74, 6) is 0.545. The van der Waals surface area contributed by atoms with Crippen LogP contribution >= 0.6 is 23.2 Å². The molecule has 24 heavy (non-hydrogen) atoms. The molecule has 0 amide bonds. The van der Waals surface area contributed by atoms with E-state index in [1.807, 2.05) is 0 Å². The van der Waals surface area contributed by atoms with Gasteiger partial charge in [-0.05, 0) is 0 Å². The van der Waals surface area contributed by atoms with Gasteiger partial charge in [0.25, 0.3) is 0 Å². The van der Waals surface area contributed by atoms with Gasteiger partial charge in [-0.2, -0.15) is 0 Å². The van der Waals surface area contributed by atoms with Crippen LogP contribution in [0.1, 0.15) is 6.42 Å². The molecule has 0 spiro atoms. The zero-order valence-electron chi connectivity index (χ0n) is 15.2. The summed E-state index contributed by atoms with van der Waals surface area (Å²) in [4.78, 5) is 0. The van der Waals surface area contributed by atoms with E-state index in [1.54, 1.807) is 0 Å². The van der Waals surface area contributed by atoms with Gasteiger partial charge in [0.15, 0.2) is 0 Å². The highest BCUT2D eigenvalue weighted by Crippen LogP contribution is 2.04. The van der Waals surface area contributed by atoms with Crippen LogP contribution in [0, 0.1) is 0 Å². The summed E-state index contributed by atoms with van der Waals surface area (Å²) in [5.41, 5.74) is 0. The molecule has 0 heterocycles. The van der Waals surface area contributed by atoms with Gasteiger partial charge >= 0.3 is 0 Å². The number of hydrogen-bond acceptors (Lipinski definition) is 3. The second kappa shape index (κ2) is 15.1. The largest absolute Gasteiger partial charge is 1.00 e. The number of aliphatic hydroxyl groups excluding tert-OH is 2. The van der Waals surface area contributed by atoms with Crippen molar-refractivity contribution in [1.82, 2.24) is 0 Å². The standard InChI is InChI=1S/C15H34Cl2N2O3.2ClH/c1-18(2,12-14(20)10-16)6-5-8-22-9-7-19(3,4)13-15(21)11-17;;/h14-15,20-21H,5-13H2,1-4H3;2*1H/q+2;;/p-2. The topological polar surface area (TPSA) is 49.7 Å². The molecule has 150 valence electrons. The van der Waals surface area contributed by atoms with Gasteiger partial charge in [0, 0.05) is 6.42 Å². The van der Waals surface area contributed by atoms with E-state index in [-0.39, 0.29) is 36.6 Å². The average Bonchev–Trinajstić information content (AvgIpc) is 2.41. The molecule has 0 saturated heterocycles. The quantitative estimate of drug-likeness (QED) is 0.174. The van der Waals surface area contributed by atoms with Crippen LogP contribution in [0.3, 0.4) is 0 Å². The van der Waals surface area contributed by atoms with Crippen LogP contribution in [-0.4, -0.2) is 111 Å². The summed E-state index contributed by atoms with van der Waals surface area (Å²) in [6.07, 6.45) is 0.0203. The molecule has 9 heteroatoms. The minimum absolute atomic E-state index is 0. The molecule has 2 N–H and O–H groups in total. The van der Waals surface area contributed by atoms with Gasteiger partial charge in [-0.3, -0.25) is 0 Å². The maximum absolute atomic E-state index is 9.61. The summed E-state index contributed by atoms with van der Waals surface area (Å²) in [6, 6.07) is 0. The Morgan fingerprint density at radius 2 is 1.21 bits per heavy atom. The second-order valence-corrected chi connectivity index (χ2v) is 7.88. The first kappa shape index (κ1) is 29.7. The van der Waals surface area contributed by atoms with E-state index in [0.717, 1.165) is 24.0 Å². The Balaban J connectivity index is -0.00000220. The monoisotopic (exact) mass is 430 g/mol. The van der Waals surface area contributed by atoms with Crippen LogP contribution in [0.25, 0.3) is 0 Å². The molecule has 0 saturated carbocycles. The van der Waals surface area contributed by atoms with Gasteiger partial charge in [0.2, 0.25) is 0 Å². The maximum atomic E-state index is 9.61. The van der Waals surface area contributed by atoms with E-state index >= 15 is 0 Å². The van der Waals surface area contributed by atoms with E-state index in [9.17, 15) is 10.2 Å². The number of ether oxygens (including phenoxy) is 1. The third-order valence-corrected chi connectivity index (χ3v) is 4.37. The molecular weight excluding hydrogens is 398 g/mol. The van der Waals surface area contributed by atoms with Crippen molar-refractivity contribution in [1.29, 1.82) is 0 Å². The Labute approximate surface area is 169 Å². The lowest BCUT2D eigenvalue weighted by Crippen LogP contribution is -3.00. The predicted octanol–water partition coefficient (Wildman–Crippen LogP) is -5.25. The molecule has 0 fully saturated rings. The van der Waals surface area contributed by atoms with Crippen LogP contribution in [-0.2, 0) is 4.74 Å². The van der Waals surface area contributed by atoms with Crippen molar-refractivity contribution in [3.8, 4) is 0 Å². The zero-order chi connectivity index (χ0) is 17.2. The molecule has 5 nitrogen and oxygen atoms in total. The van der Waals surface area contributed by atoms with Gasteiger partial charge < -0.3 is 48.7 Å². The van der Waals surface area contributed by atoms with Crippen LogP contribution in [0.5, 0.6) is 0 Å². The molecule has 0 radical (unpaired) electrons. The molecule has 0 bridgehead atoms. The number of rotatable bonds is 13. The Hall–Kier alpha value is 0.960. The molecule has 0 aliphatic heterocycles. The average molecular weight is 432 g/mol. The van der Waals surface area contributed by atoms with Crippen LogP contribution in [0.2, 0.25) is 0 Å². The lowest BCUT2D eigenvalue weighted by Gasteiger charge is -2.32. The summed E-state index contributed by atoms with van der Waals surface area (Å²) >= 11 is 11.3. The lowest BCUT2D eigenvalue weighted by molar-refractivity contribution is -0.894. The van der Waals surface area contributed by atoms with Crippen molar-refractivity contribution in [2.75, 3.05) is 79.3 Å². The Morgan fingerprint density at radius 3 is 1.62 bits per heavy atom. The molecule has 2 unspecified atom stereocenters. The number of quaternary nitrogens is 2. The summed E-state index contributed by atoms with van der Waals surface area (Å²) in [6.45, 7) is 4.45. The third-order valence-electron chi connectivity index (χ3n) is 3.66. The van der Waals surface area contributed by atoms with E-state index in [0.29, 0.717) is 30.8 Å². The second-order valence-electron chi connectivity index (χ2n) is 7.27. The minimum Gasteiger partial charge on any atom is -1.00 e. The predicted molar refractivity (Wildman–Crippen MR) is 92.6 cm³/mol. The SMILES string of the molecule is C[N+](C)(CCCOCC[N+](C)(C)CC(O)CCl)CC(O)CCl.[Cl-].[Cl-]. The molecular formula is C15H34Cl4N2O3. The van der Waals surface area contributed by atoms with Gasteiger partial charge in [0.1, 0.15) is 31.8 Å². The minimum atomic E-state index is -0.469. The Bertz CT molecular complexity index is 270. The molecule has 0 rings (SSSR count). The van der Waals surface area contributed by atoms with Gasteiger partial charge in [0.05, 0.1) is 59.7 Å². The molecule has 0 aromatic carbocycles. The van der Waals surface area contributed by atoms with Crippen LogP contribution < -0.4 is 24.8 Å². The number of nitrogens with zero attached hydrogens (tertiary/aromatic N) is 2. The molecule has 0 aromatic rings. The number of alkyl halides is 2. The first-order valence-corrected chi connectivity index (χ1v) is 8.88. The highest BCUT2D eigenvalue weighted by Gasteiger charge is 2.21. The van der Waals surface area contributed by atoms with E-state index < -0.39 is 12.2 Å². The van der Waals surface area contributed by atoms with Gasteiger partial charge in [-0.1, -0.05) is 0 Å². The number of likely N-dealkylation sites (N-methyl/N-ethyl adjacent to an activating group) is 2. The Kier molecular flexibility index (Phi) is 18.6. The number of halogens is 4. The van der Waals surface area contributed by atoms with Crippen molar-refractivity contribution in [3.05, 3.63) is 0 Å². The van der Waals surface area contributed by atoms with Crippen molar-refractivity contribution < 1.29 is 48.7 Å². The van der Waals surface area contributed by atoms with E-state index in [1.165, 1.54) is 0 Å². The molecule has 0 aliphatic rings. The molecule has 2 atom stereocenters. The molecule has 0 aliphatic carbocycles. The zero-order valence-corrected chi connectivity index (χ0v) is 18.3. The maximum Gasteiger partial charge on any atom is 0.116 e. The van der Waals surface area contributed by atoms with E-state index in [2.05, 4.69) is 28.2 Å². The van der Waals surface area contributed by atoms with Crippen LogP contribution in [0.15, 0.2) is 0 Å². The van der Waals surface area contributed by atoms with Crippen molar-refractivity contribution in [3.63, 3.8) is 0 Å². The Morgan fingerprint density at radius 1 is 0.792 bits per heavy atom. The number of aliphatic hydroxyl groups is 2. The normalized spacial score (nSPS) is 14.5. The number of hydrogen-bond donors (Lipinski definition) is 2. The van der Waals surface area contributed by atoms with E-state index in [4.69, 9.17) is 27.9 Å². The third kappa shape index (κ3) is 16.4. The molecule has 0 aromatic heterocycles. The van der Waals surface area contributed by atoms with Gasteiger partial charge in [-0.15, -0.1) is 23.2 Å². The van der Waals surface area contributed by atoms with Crippen molar-refractivity contribution >= 4 is 23.2 Å². The summed E-state index contributed by atoms with van der Waals surface area (Å²) < 4.78 is 7.11. The first-order chi connectivity index (χ1) is 10.1. The fourth-order valence-electron chi connectivity index (χ4n) is 2.43. The summed E-state index contributed by atoms with van der Waals surface area (Å²) in [5, 5.41) is 19.2. The van der Waals surface area contributed by atoms with Crippen molar-refractivity contribution in [2.45, 2.75) is 18.6 Å². The smallest absolute Gasteiger partial charge is 0.116 e. The highest BCUT2D eigenvalue weighted by molar-refractivity contribution is 6.18. The van der Waals surface area contributed by atoms with Crippen molar-refractivity contribution in [2.24, 2.45) is 0 Å². The van der Waals surface area contributed by atoms with Crippen LogP contribution in [0.4, 0.5) is 0 Å². The fourth-order valence-corrected chi connectivity index (χ4v) is 2.62.